The summed E-state index contributed by atoms with van der Waals surface area (Å²) in [5, 5.41) is 4.05. The van der Waals surface area contributed by atoms with Gasteiger partial charge in [-0.25, -0.2) is 4.98 Å². The van der Waals surface area contributed by atoms with E-state index >= 15 is 0 Å². The van der Waals surface area contributed by atoms with Gasteiger partial charge in [-0.2, -0.15) is 0 Å². The van der Waals surface area contributed by atoms with E-state index in [0.717, 1.165) is 35.5 Å². The number of likely N-dealkylation sites (tertiary alicyclic amines) is 1. The van der Waals surface area contributed by atoms with Gasteiger partial charge in [0.15, 0.2) is 0 Å². The van der Waals surface area contributed by atoms with Crippen LogP contribution in [0.1, 0.15) is 55.4 Å². The predicted molar refractivity (Wildman–Crippen MR) is 134 cm³/mol. The molecule has 176 valence electrons. The monoisotopic (exact) mass is 457 g/mol. The second-order valence-electron chi connectivity index (χ2n) is 10.1. The van der Waals surface area contributed by atoms with Gasteiger partial charge in [0.1, 0.15) is 11.3 Å². The van der Waals surface area contributed by atoms with Crippen LogP contribution in [0, 0.1) is 5.92 Å². The molecular weight excluding hydrogens is 426 g/mol. The van der Waals surface area contributed by atoms with Crippen LogP contribution in [0.5, 0.6) is 0 Å². The zero-order valence-corrected chi connectivity index (χ0v) is 20.0. The fourth-order valence-electron chi connectivity index (χ4n) is 5.13. The summed E-state index contributed by atoms with van der Waals surface area (Å²) >= 11 is 0. The third-order valence-electron chi connectivity index (χ3n) is 6.96. The summed E-state index contributed by atoms with van der Waals surface area (Å²) in [6.07, 6.45) is 4.10. The van der Waals surface area contributed by atoms with Crippen LogP contribution in [0.15, 0.2) is 59.5 Å². The second-order valence-corrected chi connectivity index (χ2v) is 10.1. The highest BCUT2D eigenvalue weighted by molar-refractivity contribution is 5.92. The molecule has 4 aromatic rings. The van der Waals surface area contributed by atoms with Gasteiger partial charge in [-0.05, 0) is 74.4 Å². The predicted octanol–water partition coefficient (Wildman–Crippen LogP) is 4.12. The number of piperidine rings is 1. The molecular formula is C27H31N5O2. The Morgan fingerprint density at radius 2 is 2.06 bits per heavy atom. The molecule has 0 radical (unpaired) electrons. The van der Waals surface area contributed by atoms with Crippen LogP contribution in [0.2, 0.25) is 0 Å². The highest BCUT2D eigenvalue weighted by Crippen LogP contribution is 2.32. The quantitative estimate of drug-likeness (QED) is 0.472. The number of aromatic amines is 1. The Kier molecular flexibility index (Phi) is 5.73. The van der Waals surface area contributed by atoms with Crippen molar-refractivity contribution in [1.29, 1.82) is 0 Å². The van der Waals surface area contributed by atoms with Gasteiger partial charge in [0.2, 0.25) is 0 Å². The average molecular weight is 458 g/mol. The Morgan fingerprint density at radius 1 is 1.21 bits per heavy atom. The number of nitrogens with zero attached hydrogens (tertiary/aromatic N) is 3. The molecule has 1 saturated heterocycles. The molecule has 0 saturated carbocycles. The topological polar surface area (TPSA) is 82.5 Å². The van der Waals surface area contributed by atoms with Crippen molar-refractivity contribution in [3.8, 4) is 0 Å². The number of hydrogen-bond donors (Lipinski definition) is 2. The Labute approximate surface area is 198 Å². The van der Waals surface area contributed by atoms with E-state index in [-0.39, 0.29) is 22.7 Å². The van der Waals surface area contributed by atoms with Crippen molar-refractivity contribution in [2.75, 3.05) is 6.54 Å². The number of nitrogens with one attached hydrogen (secondary N) is 2. The zero-order valence-electron chi connectivity index (χ0n) is 20.0. The minimum atomic E-state index is -0.364. The molecule has 1 atom stereocenters. The molecule has 1 amide bonds. The number of fused-ring (bicyclic) bond motifs is 2. The highest BCUT2D eigenvalue weighted by atomic mass is 16.2. The standard InChI is InChI=1S/C27H31N5O2/c1-18-9-11-31(27(2,3)15-18)17-21-13-20-8-7-19(12-22(20)29-21)16-28-26(34)23-14-25(33)32-10-5-4-6-24(32)30-23/h4-8,10,12-14,18,29H,9,11,15-17H2,1-3H3,(H,28,34). The van der Waals surface area contributed by atoms with Crippen LogP contribution in [-0.2, 0) is 13.1 Å². The maximum atomic E-state index is 12.7. The van der Waals surface area contributed by atoms with E-state index < -0.39 is 0 Å². The Morgan fingerprint density at radius 3 is 2.88 bits per heavy atom. The van der Waals surface area contributed by atoms with Crippen molar-refractivity contribution >= 4 is 22.5 Å². The summed E-state index contributed by atoms with van der Waals surface area (Å²) in [5.41, 5.74) is 3.75. The van der Waals surface area contributed by atoms with E-state index in [9.17, 15) is 9.59 Å². The van der Waals surface area contributed by atoms with Gasteiger partial charge in [0, 0.05) is 42.1 Å². The van der Waals surface area contributed by atoms with E-state index in [1.807, 2.05) is 6.07 Å². The van der Waals surface area contributed by atoms with E-state index in [2.05, 4.69) is 59.2 Å². The molecule has 7 heteroatoms. The lowest BCUT2D eigenvalue weighted by atomic mass is 9.83. The number of carbonyl (C=O) groups excluding carboxylic acids is 1. The van der Waals surface area contributed by atoms with Gasteiger partial charge in [0.25, 0.3) is 11.5 Å². The van der Waals surface area contributed by atoms with Crippen LogP contribution in [-0.4, -0.2) is 37.3 Å². The fourth-order valence-corrected chi connectivity index (χ4v) is 5.13. The van der Waals surface area contributed by atoms with Gasteiger partial charge in [-0.15, -0.1) is 0 Å². The Bertz CT molecular complexity index is 1420. The average Bonchev–Trinajstić information content (AvgIpc) is 3.20. The second kappa shape index (κ2) is 8.72. The molecule has 3 aromatic heterocycles. The minimum absolute atomic E-state index is 0.123. The summed E-state index contributed by atoms with van der Waals surface area (Å²) in [7, 11) is 0. The third kappa shape index (κ3) is 4.48. The lowest BCUT2D eigenvalue weighted by Crippen LogP contribution is -2.48. The van der Waals surface area contributed by atoms with Gasteiger partial charge in [-0.1, -0.05) is 25.1 Å². The van der Waals surface area contributed by atoms with E-state index in [4.69, 9.17) is 0 Å². The number of benzene rings is 1. The van der Waals surface area contributed by atoms with Gasteiger partial charge in [-0.3, -0.25) is 18.9 Å². The third-order valence-corrected chi connectivity index (χ3v) is 6.96. The number of amides is 1. The molecule has 7 nitrogen and oxygen atoms in total. The number of carbonyl (C=O) groups is 1. The Balaban J connectivity index is 1.28. The molecule has 0 aliphatic carbocycles. The molecule has 4 heterocycles. The van der Waals surface area contributed by atoms with Gasteiger partial charge in [0.05, 0.1) is 0 Å². The summed E-state index contributed by atoms with van der Waals surface area (Å²) in [4.78, 5) is 35.4. The normalized spacial score (nSPS) is 18.4. The number of aromatic nitrogens is 3. The van der Waals surface area contributed by atoms with Crippen molar-refractivity contribution in [3.63, 3.8) is 0 Å². The molecule has 2 N–H and O–H groups in total. The molecule has 0 bridgehead atoms. The molecule has 1 aromatic carbocycles. The highest BCUT2D eigenvalue weighted by Gasteiger charge is 2.33. The number of pyridine rings is 1. The van der Waals surface area contributed by atoms with Crippen molar-refractivity contribution in [1.82, 2.24) is 24.6 Å². The molecule has 34 heavy (non-hydrogen) atoms. The first-order valence-corrected chi connectivity index (χ1v) is 11.9. The molecule has 1 aliphatic heterocycles. The molecule has 1 unspecified atom stereocenters. The van der Waals surface area contributed by atoms with Crippen molar-refractivity contribution in [2.45, 2.75) is 52.2 Å². The van der Waals surface area contributed by atoms with Gasteiger partial charge >= 0.3 is 0 Å². The minimum Gasteiger partial charge on any atom is -0.357 e. The first-order chi connectivity index (χ1) is 16.3. The number of hydrogen-bond acceptors (Lipinski definition) is 4. The molecule has 0 spiro atoms. The Hall–Kier alpha value is -3.45. The van der Waals surface area contributed by atoms with Crippen LogP contribution in [0.25, 0.3) is 16.6 Å². The van der Waals surface area contributed by atoms with E-state index in [1.165, 1.54) is 29.0 Å². The molecule has 5 rings (SSSR count). The first-order valence-electron chi connectivity index (χ1n) is 11.9. The van der Waals surface area contributed by atoms with Gasteiger partial charge < -0.3 is 10.3 Å². The van der Waals surface area contributed by atoms with Crippen LogP contribution < -0.4 is 10.9 Å². The lowest BCUT2D eigenvalue weighted by molar-refractivity contribution is 0.0435. The summed E-state index contributed by atoms with van der Waals surface area (Å²) in [6, 6.07) is 14.9. The van der Waals surface area contributed by atoms with Crippen LogP contribution >= 0.6 is 0 Å². The van der Waals surface area contributed by atoms with Crippen molar-refractivity contribution < 1.29 is 4.79 Å². The fraction of sp³-hybridized carbons (Fsp3) is 0.370. The summed E-state index contributed by atoms with van der Waals surface area (Å²) in [5.74, 6) is 0.410. The van der Waals surface area contributed by atoms with E-state index in [1.54, 1.807) is 24.4 Å². The van der Waals surface area contributed by atoms with Crippen LogP contribution in [0.3, 0.4) is 0 Å². The van der Waals surface area contributed by atoms with Crippen LogP contribution in [0.4, 0.5) is 0 Å². The summed E-state index contributed by atoms with van der Waals surface area (Å²) in [6.45, 7) is 9.40. The molecule has 1 aliphatic rings. The smallest absolute Gasteiger partial charge is 0.270 e. The lowest BCUT2D eigenvalue weighted by Gasteiger charge is -2.44. The molecule has 1 fully saturated rings. The maximum absolute atomic E-state index is 12.7. The SMILES string of the molecule is CC1CCN(Cc2cc3ccc(CNC(=O)c4cc(=O)n5ccccc5n4)cc3[nH]2)C(C)(C)C1. The number of H-pyrrole nitrogens is 1. The summed E-state index contributed by atoms with van der Waals surface area (Å²) < 4.78 is 1.42. The first kappa shape index (κ1) is 22.3. The largest absolute Gasteiger partial charge is 0.357 e. The maximum Gasteiger partial charge on any atom is 0.270 e. The van der Waals surface area contributed by atoms with Crippen molar-refractivity contribution in [2.24, 2.45) is 5.92 Å². The zero-order chi connectivity index (χ0) is 23.9. The number of rotatable bonds is 5. The van der Waals surface area contributed by atoms with Crippen molar-refractivity contribution in [3.05, 3.63) is 82.0 Å². The van der Waals surface area contributed by atoms with E-state index in [0.29, 0.717) is 12.2 Å².